The van der Waals surface area contributed by atoms with Gasteiger partial charge in [-0.3, -0.25) is 43.3 Å². The van der Waals surface area contributed by atoms with Gasteiger partial charge in [-0.05, 0) is 107 Å². The van der Waals surface area contributed by atoms with Crippen molar-refractivity contribution in [2.24, 2.45) is 39.9 Å². The highest BCUT2D eigenvalue weighted by atomic mass is 32.2. The SMILES string of the molecule is CC(C)NC(=O)CNC(=O)C(N)C(C)C.CCC(NC(=O)C(CCCN=C(N)N)NC(=O)CNC=O)C(=O)NC(CC(C)C)C(=O)NCC(=O)NC(CC(C)C)C(=O)O.CCSC.CSc1cccc(S(=O)F)c1.Cc1ccccc1. The van der Waals surface area contributed by atoms with Gasteiger partial charge in [0, 0.05) is 17.5 Å². The number of aliphatic carboxylic acids is 1. The molecule has 0 bridgehead atoms. The summed E-state index contributed by atoms with van der Waals surface area (Å²) in [5.74, 6) is -3.86. The number of guanidine groups is 1. The quantitative estimate of drug-likeness (QED) is 0.0134. The normalized spacial score (nSPS) is 12.5. The molecular weight excluding hydrogens is 1110 g/mol. The second kappa shape index (κ2) is 47.3. The van der Waals surface area contributed by atoms with Crippen LogP contribution in [0.4, 0.5) is 3.89 Å². The van der Waals surface area contributed by atoms with Gasteiger partial charge in [-0.2, -0.15) is 11.8 Å². The van der Waals surface area contributed by atoms with E-state index in [9.17, 15) is 56.4 Å². The molecule has 27 heteroatoms. The number of nitrogens with one attached hydrogen (secondary N) is 8. The van der Waals surface area contributed by atoms with Gasteiger partial charge in [0.15, 0.2) is 5.96 Å². The van der Waals surface area contributed by atoms with Gasteiger partial charge < -0.3 is 64.8 Å². The van der Waals surface area contributed by atoms with Crippen molar-refractivity contribution in [3.63, 3.8) is 0 Å². The highest BCUT2D eigenvalue weighted by molar-refractivity contribution is 7.98. The fraction of sp³-hybridized carbons (Fsp3) is 0.593. The molecule has 0 aliphatic carbocycles. The Morgan fingerprint density at radius 2 is 1.20 bits per heavy atom. The number of benzene rings is 2. The molecule has 0 heterocycles. The monoisotopic (exact) mass is 1200 g/mol. The molecule has 2 aromatic rings. The molecule has 23 nitrogen and oxygen atoms in total. The fourth-order valence-corrected chi connectivity index (χ4v) is 7.12. The molecule has 0 saturated carbocycles. The summed E-state index contributed by atoms with van der Waals surface area (Å²) in [4.78, 5) is 113. The average Bonchev–Trinajstić information content (AvgIpc) is 3.40. The highest BCUT2D eigenvalue weighted by Crippen LogP contribution is 2.18. The van der Waals surface area contributed by atoms with Crippen LogP contribution in [0.3, 0.4) is 0 Å². The molecule has 15 N–H and O–H groups in total. The minimum absolute atomic E-state index is 0.0133. The Hall–Kier alpha value is -6.32. The summed E-state index contributed by atoms with van der Waals surface area (Å²) in [6, 6.07) is 12.1. The molecule has 6 atom stereocenters. The maximum Gasteiger partial charge on any atom is 0.326 e. The molecule has 460 valence electrons. The first-order chi connectivity index (χ1) is 38.0. The van der Waals surface area contributed by atoms with Gasteiger partial charge in [-0.15, -0.1) is 15.6 Å². The van der Waals surface area contributed by atoms with E-state index in [1.54, 1.807) is 19.1 Å². The van der Waals surface area contributed by atoms with Crippen LogP contribution in [0.25, 0.3) is 0 Å². The first-order valence-electron chi connectivity index (χ1n) is 26.5. The predicted molar refractivity (Wildman–Crippen MR) is 322 cm³/mol. The number of carbonyl (C=O) groups is 9. The van der Waals surface area contributed by atoms with Crippen molar-refractivity contribution in [2.45, 2.75) is 154 Å². The van der Waals surface area contributed by atoms with Crippen molar-refractivity contribution >= 4 is 94.4 Å². The number of carboxylic acids is 1. The van der Waals surface area contributed by atoms with Crippen molar-refractivity contribution in [3.8, 4) is 0 Å². The van der Waals surface area contributed by atoms with Gasteiger partial charge in [-0.25, -0.2) is 9.00 Å². The first kappa shape index (κ1) is 78.9. The molecule has 0 spiro atoms. The topological polar surface area (TPSA) is 378 Å². The van der Waals surface area contributed by atoms with Crippen molar-refractivity contribution in [3.05, 3.63) is 60.2 Å². The zero-order chi connectivity index (χ0) is 62.6. The molecule has 81 heavy (non-hydrogen) atoms. The van der Waals surface area contributed by atoms with Crippen LogP contribution in [0, 0.1) is 24.7 Å². The van der Waals surface area contributed by atoms with E-state index in [4.69, 9.17) is 17.2 Å². The fourth-order valence-electron chi connectivity index (χ4n) is 6.18. The van der Waals surface area contributed by atoms with Crippen LogP contribution >= 0.6 is 23.5 Å². The number of halogens is 1. The molecule has 6 unspecified atom stereocenters. The van der Waals surface area contributed by atoms with E-state index >= 15 is 0 Å². The summed E-state index contributed by atoms with van der Waals surface area (Å²) in [6.45, 7) is 19.9. The number of aryl methyl sites for hydroxylation is 1. The first-order valence-corrected chi connectivity index (χ1v) is 30.1. The minimum Gasteiger partial charge on any atom is -0.480 e. The second-order valence-electron chi connectivity index (χ2n) is 19.4. The Morgan fingerprint density at radius 1 is 0.691 bits per heavy atom. The van der Waals surface area contributed by atoms with Crippen molar-refractivity contribution in [1.82, 2.24) is 42.5 Å². The van der Waals surface area contributed by atoms with Gasteiger partial charge in [0.05, 0.1) is 30.6 Å². The largest absolute Gasteiger partial charge is 0.480 e. The van der Waals surface area contributed by atoms with E-state index < -0.39 is 83.4 Å². The molecule has 0 aliphatic heterocycles. The Kier molecular flexibility index (Phi) is 46.1. The van der Waals surface area contributed by atoms with Gasteiger partial charge in [0.2, 0.25) is 58.9 Å². The van der Waals surface area contributed by atoms with Crippen LogP contribution in [0.5, 0.6) is 0 Å². The summed E-state index contributed by atoms with van der Waals surface area (Å²) < 4.78 is 22.6. The van der Waals surface area contributed by atoms with Crippen LogP contribution in [0.2, 0.25) is 0 Å². The zero-order valence-electron chi connectivity index (χ0n) is 49.4. The number of thioether (sulfide) groups is 2. The van der Waals surface area contributed by atoms with Crippen molar-refractivity contribution in [2.75, 3.05) is 44.4 Å². The number of carboxylic acid groups (broad SMARTS) is 1. The lowest BCUT2D eigenvalue weighted by atomic mass is 10.0. The smallest absolute Gasteiger partial charge is 0.326 e. The third-order valence-electron chi connectivity index (χ3n) is 10.4. The summed E-state index contributed by atoms with van der Waals surface area (Å²) in [5.41, 5.74) is 17.6. The summed E-state index contributed by atoms with van der Waals surface area (Å²) >= 11 is 1.00. The van der Waals surface area contributed by atoms with Crippen molar-refractivity contribution in [1.29, 1.82) is 0 Å². The number of hydrogen-bond acceptors (Lipinski definition) is 14. The van der Waals surface area contributed by atoms with Gasteiger partial charge in [0.1, 0.15) is 24.2 Å². The molecule has 0 saturated heterocycles. The Bertz CT molecular complexity index is 2230. The third kappa shape index (κ3) is 43.1. The van der Waals surface area contributed by atoms with Gasteiger partial charge in [0.25, 0.3) is 0 Å². The van der Waals surface area contributed by atoms with E-state index in [0.29, 0.717) is 12.8 Å². The molecular formula is C54H93FN12O11S3. The number of rotatable bonds is 30. The van der Waals surface area contributed by atoms with Crippen LogP contribution in [-0.4, -0.2) is 150 Å². The lowest BCUT2D eigenvalue weighted by Gasteiger charge is -2.25. The van der Waals surface area contributed by atoms with Crippen LogP contribution < -0.4 is 59.7 Å². The van der Waals surface area contributed by atoms with Crippen LogP contribution in [0.15, 0.2) is 69.4 Å². The molecule has 0 aromatic heterocycles. The van der Waals surface area contributed by atoms with E-state index in [0.717, 1.165) is 4.90 Å². The number of carbonyl (C=O) groups excluding carboxylic acids is 8. The predicted octanol–water partition coefficient (Wildman–Crippen LogP) is 2.80. The number of aliphatic imine (C=N–C) groups is 1. The van der Waals surface area contributed by atoms with Crippen LogP contribution in [0.1, 0.15) is 107 Å². The number of hydrogen-bond donors (Lipinski definition) is 12. The lowest BCUT2D eigenvalue weighted by Crippen LogP contribution is -2.57. The molecule has 2 aromatic carbocycles. The zero-order valence-corrected chi connectivity index (χ0v) is 51.8. The Labute approximate surface area is 489 Å². The summed E-state index contributed by atoms with van der Waals surface area (Å²) in [5, 5.41) is 29.2. The average molecular weight is 1200 g/mol. The lowest BCUT2D eigenvalue weighted by molar-refractivity contribution is -0.142. The minimum atomic E-state index is -2.35. The number of nitrogens with zero attached hydrogens (tertiary/aromatic N) is 1. The molecule has 8 amide bonds. The van der Waals surface area contributed by atoms with E-state index in [-0.39, 0.29) is 91.8 Å². The molecule has 2 rings (SSSR count). The Morgan fingerprint density at radius 3 is 1.64 bits per heavy atom. The second-order valence-corrected chi connectivity index (χ2v) is 22.3. The summed E-state index contributed by atoms with van der Waals surface area (Å²) in [7, 11) is 0. The number of nitrogens with two attached hydrogens (primary N) is 3. The van der Waals surface area contributed by atoms with Crippen LogP contribution in [-0.2, 0) is 54.3 Å². The Balaban J connectivity index is -0.00000130. The van der Waals surface area contributed by atoms with Crippen molar-refractivity contribution < 1.29 is 56.4 Å². The maximum absolute atomic E-state index is 13.2. The molecule has 0 radical (unpaired) electrons. The van der Waals surface area contributed by atoms with E-state index in [2.05, 4.69) is 79.8 Å². The molecule has 0 aliphatic rings. The van der Waals surface area contributed by atoms with Gasteiger partial charge in [-0.1, -0.05) is 97.4 Å². The summed E-state index contributed by atoms with van der Waals surface area (Å²) in [6.07, 6.45) is 5.32. The third-order valence-corrected chi connectivity index (χ3v) is 12.4. The maximum atomic E-state index is 13.2. The standard InChI is InChI=1S/C27H49N9O8.C10H21N3O2.C7H7FOS2.C7H8.C3H8S/c1-6-17(35-25(42)18(8-7-9-31-27(28)29)33-21(38)12-30-14-37)24(41)36-19(10-15(2)3)23(40)32-13-22(39)34-20(26(43)44)11-16(4)5;1-6(2)9(11)10(15)12-5-8(14)13-7(3)4;1-10-6-3-2-4-7(5-6)11(8)9;1-7-5-3-2-4-6-7;1-3-4-2/h14-20H,6-13H2,1-5H3,(H,30,37)(H,32,40)(H,33,38)(H,34,39)(H,35,42)(H,36,41)(H,43,44)(H4,28,29,31);6-7,9H,5,11H2,1-4H3,(H,12,15)(H,13,14);2-5H,1H3;2-6H,1H3;3H2,1-2H3. The molecule has 0 fully saturated rings. The van der Waals surface area contributed by atoms with Gasteiger partial charge >= 0.3 is 5.97 Å². The number of amides is 8. The highest BCUT2D eigenvalue weighted by Gasteiger charge is 2.30. The van der Waals surface area contributed by atoms with E-state index in [1.807, 2.05) is 97.7 Å². The van der Waals surface area contributed by atoms with E-state index in [1.165, 1.54) is 29.1 Å².